The van der Waals surface area contributed by atoms with E-state index in [1.807, 2.05) is 0 Å². The molecule has 0 radical (unpaired) electrons. The molecule has 1 fully saturated rings. The molecule has 0 amide bonds. The molecular weight excluding hydrogens is 248 g/mol. The van der Waals surface area contributed by atoms with Crippen LogP contribution in [0.15, 0.2) is 18.2 Å². The van der Waals surface area contributed by atoms with Gasteiger partial charge in [-0.15, -0.1) is 0 Å². The highest BCUT2D eigenvalue weighted by molar-refractivity contribution is 5.36. The van der Waals surface area contributed by atoms with Crippen molar-refractivity contribution in [3.05, 3.63) is 29.3 Å². The zero-order chi connectivity index (χ0) is 14.5. The van der Waals surface area contributed by atoms with E-state index in [0.717, 1.165) is 18.2 Å². The Morgan fingerprint density at radius 2 is 2.05 bits per heavy atom. The van der Waals surface area contributed by atoms with Crippen molar-refractivity contribution in [2.24, 2.45) is 5.92 Å². The molecule has 1 saturated heterocycles. The van der Waals surface area contributed by atoms with Crippen molar-refractivity contribution >= 4 is 0 Å². The van der Waals surface area contributed by atoms with Gasteiger partial charge in [-0.05, 0) is 58.8 Å². The number of hydrogen-bond acceptors (Lipinski definition) is 3. The Hall–Kier alpha value is -1.06. The Kier molecular flexibility index (Phi) is 5.44. The maximum Gasteiger partial charge on any atom is 0.123 e. The van der Waals surface area contributed by atoms with Gasteiger partial charge in [-0.2, -0.15) is 0 Å². The van der Waals surface area contributed by atoms with Crippen molar-refractivity contribution in [1.29, 1.82) is 0 Å². The first-order chi connectivity index (χ1) is 9.63. The maximum absolute atomic E-state index is 5.48. The van der Waals surface area contributed by atoms with Gasteiger partial charge in [0, 0.05) is 18.2 Å². The van der Waals surface area contributed by atoms with Crippen molar-refractivity contribution in [3.8, 4) is 5.75 Å². The molecule has 3 nitrogen and oxygen atoms in total. The van der Waals surface area contributed by atoms with Gasteiger partial charge in [0.2, 0.25) is 0 Å². The van der Waals surface area contributed by atoms with Gasteiger partial charge in [0.1, 0.15) is 5.75 Å². The summed E-state index contributed by atoms with van der Waals surface area (Å²) in [7, 11) is 3.82. The first-order valence-electron chi connectivity index (χ1n) is 7.67. The lowest BCUT2D eigenvalue weighted by Gasteiger charge is -2.35. The number of methoxy groups -OCH3 is 1. The first kappa shape index (κ1) is 15.3. The number of benzene rings is 1. The van der Waals surface area contributed by atoms with E-state index in [1.165, 1.54) is 37.1 Å². The minimum Gasteiger partial charge on any atom is -0.496 e. The average Bonchev–Trinajstić information content (AvgIpc) is 2.47. The Morgan fingerprint density at radius 1 is 1.35 bits per heavy atom. The summed E-state index contributed by atoms with van der Waals surface area (Å²) < 4.78 is 5.48. The number of nitrogens with zero attached hydrogens (tertiary/aromatic N) is 1. The third-order valence-corrected chi connectivity index (χ3v) is 4.62. The molecule has 0 spiro atoms. The van der Waals surface area contributed by atoms with Gasteiger partial charge in [-0.1, -0.05) is 17.7 Å². The molecule has 2 rings (SSSR count). The first-order valence-corrected chi connectivity index (χ1v) is 7.67. The predicted octanol–water partition coefficient (Wildman–Crippen LogP) is 2.82. The Balaban J connectivity index is 1.94. The number of hydrogen-bond donors (Lipinski definition) is 1. The fraction of sp³-hybridized carbons (Fsp3) is 0.647. The summed E-state index contributed by atoms with van der Waals surface area (Å²) in [4.78, 5) is 2.55. The van der Waals surface area contributed by atoms with E-state index in [1.54, 1.807) is 7.11 Å². The number of ether oxygens (including phenoxy) is 1. The second-order valence-electron chi connectivity index (χ2n) is 6.01. The van der Waals surface area contributed by atoms with Gasteiger partial charge >= 0.3 is 0 Å². The van der Waals surface area contributed by atoms with E-state index in [0.29, 0.717) is 6.04 Å². The SMILES string of the molecule is CNC(C)C1CCN(Cc2cc(C)ccc2OC)CC1. The van der Waals surface area contributed by atoms with Crippen LogP contribution < -0.4 is 10.1 Å². The summed E-state index contributed by atoms with van der Waals surface area (Å²) in [5, 5.41) is 3.39. The molecule has 112 valence electrons. The normalized spacial score (nSPS) is 19.0. The van der Waals surface area contributed by atoms with Gasteiger partial charge in [-0.25, -0.2) is 0 Å². The van der Waals surface area contributed by atoms with E-state index < -0.39 is 0 Å². The number of piperidine rings is 1. The van der Waals surface area contributed by atoms with Crippen LogP contribution in [-0.2, 0) is 6.54 Å². The van der Waals surface area contributed by atoms with Crippen molar-refractivity contribution < 1.29 is 4.74 Å². The van der Waals surface area contributed by atoms with E-state index in [4.69, 9.17) is 4.74 Å². The molecular formula is C17H28N2O. The summed E-state index contributed by atoms with van der Waals surface area (Å²) in [6.45, 7) is 7.82. The molecule has 0 aliphatic carbocycles. The van der Waals surface area contributed by atoms with Crippen LogP contribution in [0.25, 0.3) is 0 Å². The zero-order valence-electron chi connectivity index (χ0n) is 13.3. The van der Waals surface area contributed by atoms with Gasteiger partial charge in [0.05, 0.1) is 7.11 Å². The molecule has 1 unspecified atom stereocenters. The summed E-state index contributed by atoms with van der Waals surface area (Å²) in [5.74, 6) is 1.83. The number of nitrogens with one attached hydrogen (secondary N) is 1. The minimum atomic E-state index is 0.630. The highest BCUT2D eigenvalue weighted by Gasteiger charge is 2.23. The van der Waals surface area contributed by atoms with E-state index >= 15 is 0 Å². The monoisotopic (exact) mass is 276 g/mol. The smallest absolute Gasteiger partial charge is 0.123 e. The predicted molar refractivity (Wildman–Crippen MR) is 84.3 cm³/mol. The lowest BCUT2D eigenvalue weighted by Crippen LogP contribution is -2.40. The molecule has 1 aliphatic heterocycles. The molecule has 1 atom stereocenters. The summed E-state index contributed by atoms with van der Waals surface area (Å²) in [5.41, 5.74) is 2.62. The Morgan fingerprint density at radius 3 is 2.65 bits per heavy atom. The average molecular weight is 276 g/mol. The number of rotatable bonds is 5. The zero-order valence-corrected chi connectivity index (χ0v) is 13.3. The highest BCUT2D eigenvalue weighted by atomic mass is 16.5. The van der Waals surface area contributed by atoms with Crippen LogP contribution in [0.1, 0.15) is 30.9 Å². The largest absolute Gasteiger partial charge is 0.496 e. The molecule has 1 aliphatic rings. The van der Waals surface area contributed by atoms with Crippen molar-refractivity contribution in [1.82, 2.24) is 10.2 Å². The lowest BCUT2D eigenvalue weighted by atomic mass is 9.90. The van der Waals surface area contributed by atoms with Gasteiger partial charge in [0.25, 0.3) is 0 Å². The van der Waals surface area contributed by atoms with E-state index in [2.05, 4.69) is 49.3 Å². The molecule has 1 N–H and O–H groups in total. The molecule has 1 heterocycles. The van der Waals surface area contributed by atoms with Crippen LogP contribution in [0.4, 0.5) is 0 Å². The summed E-state index contributed by atoms with van der Waals surface area (Å²) in [6, 6.07) is 7.08. The van der Waals surface area contributed by atoms with Crippen molar-refractivity contribution in [2.45, 2.75) is 39.3 Å². The third kappa shape index (κ3) is 3.74. The van der Waals surface area contributed by atoms with Crippen LogP contribution in [0.5, 0.6) is 5.75 Å². The Labute approximate surface area is 123 Å². The second-order valence-corrected chi connectivity index (χ2v) is 6.01. The standard InChI is InChI=1S/C17H28N2O/c1-13-5-6-17(20-4)16(11-13)12-19-9-7-15(8-10-19)14(2)18-3/h5-6,11,14-15,18H,7-10,12H2,1-4H3. The topological polar surface area (TPSA) is 24.5 Å². The third-order valence-electron chi connectivity index (χ3n) is 4.62. The van der Waals surface area contributed by atoms with E-state index in [9.17, 15) is 0 Å². The van der Waals surface area contributed by atoms with Gasteiger partial charge in [0.15, 0.2) is 0 Å². The molecule has 1 aromatic carbocycles. The van der Waals surface area contributed by atoms with Crippen LogP contribution in [0.2, 0.25) is 0 Å². The summed E-state index contributed by atoms with van der Waals surface area (Å²) >= 11 is 0. The van der Waals surface area contributed by atoms with Crippen LogP contribution in [0.3, 0.4) is 0 Å². The molecule has 1 aromatic rings. The van der Waals surface area contributed by atoms with Gasteiger partial charge < -0.3 is 10.1 Å². The molecule has 0 saturated carbocycles. The summed E-state index contributed by atoms with van der Waals surface area (Å²) in [6.07, 6.45) is 2.58. The molecule has 3 heteroatoms. The number of likely N-dealkylation sites (tertiary alicyclic amines) is 1. The second kappa shape index (κ2) is 7.09. The fourth-order valence-corrected chi connectivity index (χ4v) is 3.12. The maximum atomic E-state index is 5.48. The quantitative estimate of drug-likeness (QED) is 0.895. The minimum absolute atomic E-state index is 0.630. The lowest BCUT2D eigenvalue weighted by molar-refractivity contribution is 0.157. The molecule has 20 heavy (non-hydrogen) atoms. The van der Waals surface area contributed by atoms with Crippen molar-refractivity contribution in [2.75, 3.05) is 27.2 Å². The highest BCUT2D eigenvalue weighted by Crippen LogP contribution is 2.25. The number of aryl methyl sites for hydroxylation is 1. The fourth-order valence-electron chi connectivity index (χ4n) is 3.12. The van der Waals surface area contributed by atoms with E-state index in [-0.39, 0.29) is 0 Å². The van der Waals surface area contributed by atoms with Crippen LogP contribution in [-0.4, -0.2) is 38.2 Å². The Bertz CT molecular complexity index is 425. The van der Waals surface area contributed by atoms with Crippen LogP contribution >= 0.6 is 0 Å². The van der Waals surface area contributed by atoms with Crippen molar-refractivity contribution in [3.63, 3.8) is 0 Å². The molecule has 0 aromatic heterocycles. The van der Waals surface area contributed by atoms with Crippen LogP contribution in [0, 0.1) is 12.8 Å². The van der Waals surface area contributed by atoms with Gasteiger partial charge in [-0.3, -0.25) is 4.90 Å². The molecule has 0 bridgehead atoms.